The van der Waals surface area contributed by atoms with Gasteiger partial charge in [-0.05, 0) is 38.6 Å². The highest BCUT2D eigenvalue weighted by Gasteiger charge is 2.14. The molecule has 0 unspecified atom stereocenters. The number of nitrogens with one attached hydrogen (secondary N) is 1. The maximum absolute atomic E-state index is 14.0. The molecular weight excluding hydrogens is 219 g/mol. The fourth-order valence-corrected chi connectivity index (χ4v) is 1.86. The van der Waals surface area contributed by atoms with Crippen LogP contribution < -0.4 is 10.2 Å². The van der Waals surface area contributed by atoms with Crippen molar-refractivity contribution in [3.63, 3.8) is 0 Å². The van der Waals surface area contributed by atoms with Gasteiger partial charge in [0.1, 0.15) is 5.82 Å². The Morgan fingerprint density at radius 3 is 2.59 bits per heavy atom. The summed E-state index contributed by atoms with van der Waals surface area (Å²) in [5.74, 6) is -0.236. The molecule has 0 aliphatic carbocycles. The lowest BCUT2D eigenvalue weighted by atomic mass is 10.1. The van der Waals surface area contributed by atoms with Crippen LogP contribution in [0.5, 0.6) is 0 Å². The van der Waals surface area contributed by atoms with E-state index in [1.54, 1.807) is 12.1 Å². The molecule has 0 radical (unpaired) electrons. The zero-order valence-corrected chi connectivity index (χ0v) is 10.7. The maximum Gasteiger partial charge on any atom is 0.146 e. The third-order valence-electron chi connectivity index (χ3n) is 2.67. The number of rotatable bonds is 6. The van der Waals surface area contributed by atoms with Crippen LogP contribution in [0.2, 0.25) is 0 Å². The summed E-state index contributed by atoms with van der Waals surface area (Å²) in [6.07, 6.45) is 0. The molecule has 96 valence electrons. The summed E-state index contributed by atoms with van der Waals surface area (Å²) >= 11 is 0. The van der Waals surface area contributed by atoms with Crippen LogP contribution >= 0.6 is 0 Å². The predicted octanol–water partition coefficient (Wildman–Crippen LogP) is 1.75. The van der Waals surface area contributed by atoms with Crippen LogP contribution in [0.3, 0.4) is 0 Å². The molecule has 0 aromatic heterocycles. The molecule has 0 bridgehead atoms. The van der Waals surface area contributed by atoms with Gasteiger partial charge in [-0.2, -0.15) is 0 Å². The molecule has 0 aliphatic rings. The molecule has 1 aromatic carbocycles. The standard InChI is InChI=1S/C13H21FN2O/c1-10(2)16(6-7-17)13-5-4-11(9-15-3)8-12(13)14/h4-5,8,10,15,17H,6-7,9H2,1-3H3. The quantitative estimate of drug-likeness (QED) is 0.795. The second-order valence-corrected chi connectivity index (χ2v) is 4.33. The zero-order valence-electron chi connectivity index (χ0n) is 10.7. The van der Waals surface area contributed by atoms with Crippen molar-refractivity contribution < 1.29 is 9.50 Å². The van der Waals surface area contributed by atoms with Gasteiger partial charge in [0, 0.05) is 19.1 Å². The van der Waals surface area contributed by atoms with Crippen molar-refractivity contribution in [2.45, 2.75) is 26.4 Å². The van der Waals surface area contributed by atoms with Crippen molar-refractivity contribution in [1.82, 2.24) is 5.32 Å². The first-order valence-electron chi connectivity index (χ1n) is 5.90. The minimum Gasteiger partial charge on any atom is -0.395 e. The van der Waals surface area contributed by atoms with Crippen molar-refractivity contribution >= 4 is 5.69 Å². The molecule has 1 aromatic rings. The van der Waals surface area contributed by atoms with Crippen LogP contribution in [0.25, 0.3) is 0 Å². The topological polar surface area (TPSA) is 35.5 Å². The van der Waals surface area contributed by atoms with Gasteiger partial charge in [-0.15, -0.1) is 0 Å². The summed E-state index contributed by atoms with van der Waals surface area (Å²) in [6, 6.07) is 5.38. The minimum atomic E-state index is -0.236. The Morgan fingerprint density at radius 2 is 2.12 bits per heavy atom. The van der Waals surface area contributed by atoms with Crippen LogP contribution in [0, 0.1) is 5.82 Å². The van der Waals surface area contributed by atoms with Crippen LogP contribution in [0.1, 0.15) is 19.4 Å². The smallest absolute Gasteiger partial charge is 0.146 e. The lowest BCUT2D eigenvalue weighted by molar-refractivity contribution is 0.298. The fourth-order valence-electron chi connectivity index (χ4n) is 1.86. The molecule has 2 N–H and O–H groups in total. The molecule has 4 heteroatoms. The molecule has 3 nitrogen and oxygen atoms in total. The molecule has 17 heavy (non-hydrogen) atoms. The summed E-state index contributed by atoms with van der Waals surface area (Å²) in [7, 11) is 1.83. The summed E-state index contributed by atoms with van der Waals surface area (Å²) in [5.41, 5.74) is 1.47. The van der Waals surface area contributed by atoms with Crippen molar-refractivity contribution in [1.29, 1.82) is 0 Å². The van der Waals surface area contributed by atoms with E-state index in [9.17, 15) is 4.39 Å². The third-order valence-corrected chi connectivity index (χ3v) is 2.67. The van der Waals surface area contributed by atoms with Gasteiger partial charge in [0.05, 0.1) is 12.3 Å². The molecule has 0 fully saturated rings. The van der Waals surface area contributed by atoms with Gasteiger partial charge in [0.2, 0.25) is 0 Å². The van der Waals surface area contributed by atoms with Crippen LogP contribution in [-0.2, 0) is 6.54 Å². The number of hydrogen-bond donors (Lipinski definition) is 2. The summed E-state index contributed by atoms with van der Waals surface area (Å²) in [6.45, 7) is 5.09. The first kappa shape index (κ1) is 13.9. The Balaban J connectivity index is 2.95. The Labute approximate surface area is 102 Å². The van der Waals surface area contributed by atoms with E-state index in [-0.39, 0.29) is 18.5 Å². The van der Waals surface area contributed by atoms with Crippen LogP contribution in [0.15, 0.2) is 18.2 Å². The molecule has 1 rings (SSSR count). The van der Waals surface area contributed by atoms with Crippen molar-refractivity contribution in [3.05, 3.63) is 29.6 Å². The van der Waals surface area contributed by atoms with E-state index in [4.69, 9.17) is 5.11 Å². The van der Waals surface area contributed by atoms with Gasteiger partial charge in [-0.3, -0.25) is 0 Å². The highest BCUT2D eigenvalue weighted by atomic mass is 19.1. The van der Waals surface area contributed by atoms with E-state index in [2.05, 4.69) is 5.32 Å². The Kier molecular flexibility index (Phi) is 5.38. The number of aliphatic hydroxyl groups is 1. The molecule has 0 saturated heterocycles. The van der Waals surface area contributed by atoms with Gasteiger partial charge in [0.25, 0.3) is 0 Å². The van der Waals surface area contributed by atoms with E-state index in [1.807, 2.05) is 31.9 Å². The minimum absolute atomic E-state index is 0.0237. The van der Waals surface area contributed by atoms with E-state index in [0.29, 0.717) is 18.8 Å². The molecule has 0 heterocycles. The van der Waals surface area contributed by atoms with E-state index < -0.39 is 0 Å². The van der Waals surface area contributed by atoms with Crippen molar-refractivity contribution in [2.75, 3.05) is 25.1 Å². The number of anilines is 1. The second kappa shape index (κ2) is 6.57. The molecule has 0 spiro atoms. The van der Waals surface area contributed by atoms with Crippen molar-refractivity contribution in [2.24, 2.45) is 0 Å². The first-order valence-corrected chi connectivity index (χ1v) is 5.90. The highest BCUT2D eigenvalue weighted by Crippen LogP contribution is 2.22. The average Bonchev–Trinajstić information content (AvgIpc) is 2.27. The van der Waals surface area contributed by atoms with Crippen LogP contribution in [-0.4, -0.2) is 31.3 Å². The number of aliphatic hydroxyl groups excluding tert-OH is 1. The fraction of sp³-hybridized carbons (Fsp3) is 0.538. The number of nitrogens with zero attached hydrogens (tertiary/aromatic N) is 1. The number of halogens is 1. The normalized spacial score (nSPS) is 10.9. The number of benzene rings is 1. The average molecular weight is 240 g/mol. The molecule has 0 amide bonds. The van der Waals surface area contributed by atoms with Gasteiger partial charge in [0.15, 0.2) is 0 Å². The zero-order chi connectivity index (χ0) is 12.8. The monoisotopic (exact) mass is 240 g/mol. The maximum atomic E-state index is 14.0. The Morgan fingerprint density at radius 1 is 1.41 bits per heavy atom. The second-order valence-electron chi connectivity index (χ2n) is 4.33. The SMILES string of the molecule is CNCc1ccc(N(CCO)C(C)C)c(F)c1. The third kappa shape index (κ3) is 3.68. The lowest BCUT2D eigenvalue weighted by Gasteiger charge is -2.28. The molecule has 0 atom stereocenters. The Bertz CT molecular complexity index is 355. The van der Waals surface area contributed by atoms with E-state index >= 15 is 0 Å². The summed E-state index contributed by atoms with van der Waals surface area (Å²) in [4.78, 5) is 1.86. The van der Waals surface area contributed by atoms with Crippen molar-refractivity contribution in [3.8, 4) is 0 Å². The van der Waals surface area contributed by atoms with E-state index in [1.165, 1.54) is 0 Å². The molecular formula is C13H21FN2O. The van der Waals surface area contributed by atoms with Gasteiger partial charge < -0.3 is 15.3 Å². The first-order chi connectivity index (χ1) is 8.10. The van der Waals surface area contributed by atoms with Crippen LogP contribution in [0.4, 0.5) is 10.1 Å². The number of hydrogen-bond acceptors (Lipinski definition) is 3. The van der Waals surface area contributed by atoms with E-state index in [0.717, 1.165) is 5.56 Å². The largest absolute Gasteiger partial charge is 0.395 e. The molecule has 0 saturated carbocycles. The summed E-state index contributed by atoms with van der Waals surface area (Å²) in [5, 5.41) is 12.0. The highest BCUT2D eigenvalue weighted by molar-refractivity contribution is 5.50. The van der Waals surface area contributed by atoms with Gasteiger partial charge in [-0.25, -0.2) is 4.39 Å². The predicted molar refractivity (Wildman–Crippen MR) is 68.7 cm³/mol. The molecule has 0 aliphatic heterocycles. The van der Waals surface area contributed by atoms with Gasteiger partial charge in [-0.1, -0.05) is 6.07 Å². The van der Waals surface area contributed by atoms with Gasteiger partial charge >= 0.3 is 0 Å². The summed E-state index contributed by atoms with van der Waals surface area (Å²) < 4.78 is 14.0. The lowest BCUT2D eigenvalue weighted by Crippen LogP contribution is -2.34. The Hall–Kier alpha value is -1.13.